The Kier molecular flexibility index (Phi) is 5.88. The number of rotatable bonds is 4. The number of carbonyl (C=O) groups excluding carboxylic acids is 1. The number of fused-ring (bicyclic) bond motifs is 4. The molecule has 1 aromatic heterocycles. The van der Waals surface area contributed by atoms with Crippen molar-refractivity contribution >= 4 is 12.0 Å². The molecule has 5 rings (SSSR count). The number of benzene rings is 1. The topological polar surface area (TPSA) is 46.9 Å². The van der Waals surface area contributed by atoms with Crippen LogP contribution in [0, 0.1) is 29.0 Å². The van der Waals surface area contributed by atoms with Gasteiger partial charge in [-0.2, -0.15) is 18.3 Å². The molecule has 0 aliphatic heterocycles. The zero-order valence-corrected chi connectivity index (χ0v) is 19.8. The molecule has 1 N–H and O–H groups in total. The van der Waals surface area contributed by atoms with Gasteiger partial charge in [-0.05, 0) is 73.9 Å². The third-order valence-electron chi connectivity index (χ3n) is 8.01. The van der Waals surface area contributed by atoms with E-state index in [9.17, 15) is 22.4 Å². The van der Waals surface area contributed by atoms with E-state index in [1.54, 1.807) is 29.1 Å². The van der Waals surface area contributed by atoms with E-state index in [0.29, 0.717) is 32.2 Å². The van der Waals surface area contributed by atoms with E-state index in [4.69, 9.17) is 0 Å². The minimum atomic E-state index is -4.43. The molecule has 186 valence electrons. The molecule has 0 unspecified atom stereocenters. The normalized spacial score (nSPS) is 27.8. The molecule has 0 bridgehead atoms. The Balaban J connectivity index is 1.52. The highest BCUT2D eigenvalue weighted by atomic mass is 19.4. The van der Waals surface area contributed by atoms with E-state index in [2.05, 4.69) is 23.4 Å². The van der Waals surface area contributed by atoms with Gasteiger partial charge in [-0.15, -0.1) is 0 Å². The van der Waals surface area contributed by atoms with Gasteiger partial charge in [0.15, 0.2) is 0 Å². The highest BCUT2D eigenvalue weighted by Gasteiger charge is 2.56. The second kappa shape index (κ2) is 8.64. The maximum absolute atomic E-state index is 14.0. The molecular weight excluding hydrogens is 458 g/mol. The van der Waals surface area contributed by atoms with E-state index in [-0.39, 0.29) is 12.2 Å². The molecule has 2 aromatic rings. The predicted molar refractivity (Wildman–Crippen MR) is 125 cm³/mol. The summed E-state index contributed by atoms with van der Waals surface area (Å²) in [6, 6.07) is 6.13. The van der Waals surface area contributed by atoms with Crippen LogP contribution < -0.4 is 5.32 Å². The number of hydrogen-bond donors (Lipinski definition) is 1. The molecule has 1 amide bonds. The van der Waals surface area contributed by atoms with Gasteiger partial charge in [-0.1, -0.05) is 31.1 Å². The average Bonchev–Trinajstić information content (AvgIpc) is 3.22. The van der Waals surface area contributed by atoms with Gasteiger partial charge in [0.2, 0.25) is 5.91 Å². The lowest BCUT2D eigenvalue weighted by atomic mass is 9.54. The van der Waals surface area contributed by atoms with E-state index in [1.807, 2.05) is 6.92 Å². The number of carbonyl (C=O) groups is 1. The SMILES string of the molecule is CCCNC(=O)[C@H]1[C@H](C(F)(F)F)CC=C2[C@@H]1CCC1=Cc3c(cnn3-c3ccc(F)cc3)C[C@@]12C. The second-order valence-corrected chi connectivity index (χ2v) is 10.1. The van der Waals surface area contributed by atoms with Gasteiger partial charge in [-0.3, -0.25) is 4.79 Å². The lowest BCUT2D eigenvalue weighted by molar-refractivity contribution is -0.197. The first kappa shape index (κ1) is 23.8. The maximum atomic E-state index is 14.0. The summed E-state index contributed by atoms with van der Waals surface area (Å²) in [5.41, 5.74) is 4.31. The Morgan fingerprint density at radius 3 is 2.69 bits per heavy atom. The third kappa shape index (κ3) is 4.00. The third-order valence-corrected chi connectivity index (χ3v) is 8.01. The molecule has 0 saturated heterocycles. The number of hydrogen-bond acceptors (Lipinski definition) is 2. The first-order chi connectivity index (χ1) is 16.6. The highest BCUT2D eigenvalue weighted by molar-refractivity contribution is 5.80. The fourth-order valence-electron chi connectivity index (χ4n) is 6.30. The molecule has 1 aromatic carbocycles. The second-order valence-electron chi connectivity index (χ2n) is 10.1. The van der Waals surface area contributed by atoms with Gasteiger partial charge >= 0.3 is 6.18 Å². The van der Waals surface area contributed by atoms with Crippen molar-refractivity contribution in [3.63, 3.8) is 0 Å². The fraction of sp³-hybridized carbons (Fsp3) is 0.481. The summed E-state index contributed by atoms with van der Waals surface area (Å²) in [5, 5.41) is 7.27. The van der Waals surface area contributed by atoms with Crippen LogP contribution in [0.3, 0.4) is 0 Å². The number of nitrogens with one attached hydrogen (secondary N) is 1. The van der Waals surface area contributed by atoms with Crippen LogP contribution in [0.4, 0.5) is 17.6 Å². The smallest absolute Gasteiger partial charge is 0.356 e. The Morgan fingerprint density at radius 2 is 2.00 bits per heavy atom. The molecule has 8 heteroatoms. The minimum absolute atomic E-state index is 0.176. The van der Waals surface area contributed by atoms with Crippen LogP contribution in [0.15, 0.2) is 47.7 Å². The number of alkyl halides is 3. The van der Waals surface area contributed by atoms with Crippen LogP contribution in [0.2, 0.25) is 0 Å². The number of allylic oxidation sites excluding steroid dienone is 3. The van der Waals surface area contributed by atoms with Crippen molar-refractivity contribution in [3.8, 4) is 5.69 Å². The Bertz CT molecular complexity index is 1190. The Morgan fingerprint density at radius 1 is 1.26 bits per heavy atom. The zero-order valence-electron chi connectivity index (χ0n) is 19.8. The molecule has 0 spiro atoms. The molecule has 1 saturated carbocycles. The van der Waals surface area contributed by atoms with E-state index >= 15 is 0 Å². The summed E-state index contributed by atoms with van der Waals surface area (Å²) in [5.74, 6) is -4.02. The lowest BCUT2D eigenvalue weighted by Crippen LogP contribution is -2.50. The van der Waals surface area contributed by atoms with Crippen molar-refractivity contribution in [3.05, 3.63) is 64.8 Å². The molecule has 3 aliphatic carbocycles. The van der Waals surface area contributed by atoms with Crippen LogP contribution >= 0.6 is 0 Å². The summed E-state index contributed by atoms with van der Waals surface area (Å²) >= 11 is 0. The summed E-state index contributed by atoms with van der Waals surface area (Å²) in [7, 11) is 0. The van der Waals surface area contributed by atoms with Gasteiger partial charge in [0, 0.05) is 12.0 Å². The molecule has 0 radical (unpaired) electrons. The lowest BCUT2D eigenvalue weighted by Gasteiger charge is -2.50. The standard InChI is InChI=1S/C27H29F4N3O/c1-3-12-32-25(35)24-20-9-4-17-13-23-16(15-33-34(23)19-7-5-18(28)6-8-19)14-26(17,2)21(20)10-11-22(24)27(29,30)31/h5-8,10,13,15,20,22,24H,3-4,9,11-12,14H2,1-2H3,(H,32,35)/t20-,22+,24+,26-/m0/s1. The van der Waals surface area contributed by atoms with E-state index in [1.165, 1.54) is 12.1 Å². The van der Waals surface area contributed by atoms with E-state index < -0.39 is 35.3 Å². The fourth-order valence-corrected chi connectivity index (χ4v) is 6.30. The number of nitrogens with zero attached hydrogens (tertiary/aromatic N) is 2. The van der Waals surface area contributed by atoms with Gasteiger partial charge in [0.05, 0.1) is 29.4 Å². The van der Waals surface area contributed by atoms with Crippen molar-refractivity contribution in [2.75, 3.05) is 6.54 Å². The summed E-state index contributed by atoms with van der Waals surface area (Å²) in [4.78, 5) is 13.0. The van der Waals surface area contributed by atoms with Crippen LogP contribution in [0.1, 0.15) is 50.8 Å². The maximum Gasteiger partial charge on any atom is 0.392 e. The molecule has 35 heavy (non-hydrogen) atoms. The van der Waals surface area contributed by atoms with Crippen molar-refractivity contribution in [2.45, 2.75) is 52.1 Å². The van der Waals surface area contributed by atoms with Gasteiger partial charge in [-0.25, -0.2) is 9.07 Å². The van der Waals surface area contributed by atoms with Crippen molar-refractivity contribution in [1.29, 1.82) is 0 Å². The zero-order chi connectivity index (χ0) is 25.0. The summed E-state index contributed by atoms with van der Waals surface area (Å²) in [6.45, 7) is 4.35. The van der Waals surface area contributed by atoms with E-state index in [0.717, 1.165) is 28.1 Å². The van der Waals surface area contributed by atoms with Crippen molar-refractivity contribution in [1.82, 2.24) is 15.1 Å². The number of halogens is 4. The summed E-state index contributed by atoms with van der Waals surface area (Å²) in [6.07, 6.45) is 3.44. The highest BCUT2D eigenvalue weighted by Crippen LogP contribution is 2.58. The number of aromatic nitrogens is 2. The molecule has 1 heterocycles. The quantitative estimate of drug-likeness (QED) is 0.424. The molecule has 4 atom stereocenters. The van der Waals surface area contributed by atoms with Crippen LogP contribution in [-0.4, -0.2) is 28.4 Å². The number of amides is 1. The monoisotopic (exact) mass is 487 g/mol. The summed E-state index contributed by atoms with van der Waals surface area (Å²) < 4.78 is 57.2. The van der Waals surface area contributed by atoms with Gasteiger partial charge in [0.25, 0.3) is 0 Å². The first-order valence-corrected chi connectivity index (χ1v) is 12.2. The van der Waals surface area contributed by atoms with Crippen LogP contribution in [0.5, 0.6) is 0 Å². The largest absolute Gasteiger partial charge is 0.392 e. The van der Waals surface area contributed by atoms with Crippen LogP contribution in [-0.2, 0) is 11.2 Å². The minimum Gasteiger partial charge on any atom is -0.356 e. The van der Waals surface area contributed by atoms with Crippen molar-refractivity contribution in [2.24, 2.45) is 23.2 Å². The predicted octanol–water partition coefficient (Wildman–Crippen LogP) is 6.02. The first-order valence-electron chi connectivity index (χ1n) is 12.2. The Hall–Kier alpha value is -2.90. The molecule has 1 fully saturated rings. The van der Waals surface area contributed by atoms with Gasteiger partial charge < -0.3 is 5.32 Å². The molecular formula is C27H29F4N3O. The molecule has 3 aliphatic rings. The van der Waals surface area contributed by atoms with Crippen molar-refractivity contribution < 1.29 is 22.4 Å². The van der Waals surface area contributed by atoms with Gasteiger partial charge in [0.1, 0.15) is 5.82 Å². The molecule has 4 nitrogen and oxygen atoms in total. The van der Waals surface area contributed by atoms with Crippen LogP contribution in [0.25, 0.3) is 11.8 Å². The average molecular weight is 488 g/mol. The Labute approximate surface area is 202 Å².